The number of likely N-dealkylation sites (N-methyl/N-ethyl adjacent to an activating group) is 1. The van der Waals surface area contributed by atoms with E-state index >= 15 is 0 Å². The van der Waals surface area contributed by atoms with Gasteiger partial charge in [0.1, 0.15) is 0 Å². The standard InChI is InChI=1S/C18H23NOS/c1-5-20-18(2,3)16-12-13-10-11-19(4)15-9-7-6-8-14(15)17(13)21-16/h6-9,12H,5,10-11H2,1-4H3. The summed E-state index contributed by atoms with van der Waals surface area (Å²) in [5.41, 5.74) is 3.95. The molecule has 1 aromatic heterocycles. The molecule has 2 heterocycles. The van der Waals surface area contributed by atoms with Gasteiger partial charge in [-0.1, -0.05) is 18.2 Å². The van der Waals surface area contributed by atoms with Crippen LogP contribution < -0.4 is 4.90 Å². The smallest absolute Gasteiger partial charge is 0.0966 e. The quantitative estimate of drug-likeness (QED) is 0.816. The van der Waals surface area contributed by atoms with E-state index in [-0.39, 0.29) is 5.60 Å². The highest BCUT2D eigenvalue weighted by Gasteiger charge is 2.27. The average Bonchev–Trinajstić information content (AvgIpc) is 2.84. The summed E-state index contributed by atoms with van der Waals surface area (Å²) >= 11 is 1.89. The Balaban J connectivity index is 2.10. The highest BCUT2D eigenvalue weighted by Crippen LogP contribution is 2.44. The third-order valence-corrected chi connectivity index (χ3v) is 5.70. The molecule has 0 unspecified atom stereocenters. The Morgan fingerprint density at radius 2 is 2.05 bits per heavy atom. The molecule has 0 radical (unpaired) electrons. The maximum atomic E-state index is 5.93. The summed E-state index contributed by atoms with van der Waals surface area (Å²) in [5.74, 6) is 0. The maximum Gasteiger partial charge on any atom is 0.0966 e. The molecule has 1 aliphatic heterocycles. The van der Waals surface area contributed by atoms with Gasteiger partial charge in [0.25, 0.3) is 0 Å². The van der Waals surface area contributed by atoms with Gasteiger partial charge < -0.3 is 9.64 Å². The van der Waals surface area contributed by atoms with Crippen LogP contribution in [0.25, 0.3) is 10.4 Å². The minimum Gasteiger partial charge on any atom is -0.374 e. The van der Waals surface area contributed by atoms with Crippen LogP contribution in [0.15, 0.2) is 30.3 Å². The summed E-state index contributed by atoms with van der Waals surface area (Å²) in [7, 11) is 2.18. The Labute approximate surface area is 131 Å². The number of anilines is 1. The molecule has 2 aromatic rings. The Hall–Kier alpha value is -1.32. The number of fused-ring (bicyclic) bond motifs is 3. The second-order valence-electron chi connectivity index (χ2n) is 6.10. The molecule has 1 aromatic carbocycles. The summed E-state index contributed by atoms with van der Waals surface area (Å²) in [4.78, 5) is 5.10. The van der Waals surface area contributed by atoms with Gasteiger partial charge in [0.05, 0.1) is 5.60 Å². The van der Waals surface area contributed by atoms with Crippen molar-refractivity contribution < 1.29 is 4.74 Å². The fourth-order valence-corrected chi connectivity index (χ4v) is 4.28. The average molecular weight is 301 g/mol. The number of rotatable bonds is 3. The molecule has 2 nitrogen and oxygen atoms in total. The molecule has 0 saturated heterocycles. The maximum absolute atomic E-state index is 5.93. The molecular formula is C18H23NOS. The largest absolute Gasteiger partial charge is 0.374 e. The van der Waals surface area contributed by atoms with Crippen molar-refractivity contribution in [1.29, 1.82) is 0 Å². The Morgan fingerprint density at radius 3 is 2.81 bits per heavy atom. The minimum atomic E-state index is -0.202. The van der Waals surface area contributed by atoms with Crippen LogP contribution in [0.4, 0.5) is 5.69 Å². The number of ether oxygens (including phenoxy) is 1. The van der Waals surface area contributed by atoms with E-state index in [1.54, 1.807) is 0 Å². The van der Waals surface area contributed by atoms with Gasteiger partial charge in [-0.3, -0.25) is 0 Å². The van der Waals surface area contributed by atoms with Gasteiger partial charge in [-0.2, -0.15) is 0 Å². The molecule has 1 aliphatic rings. The van der Waals surface area contributed by atoms with Gasteiger partial charge in [0.2, 0.25) is 0 Å². The van der Waals surface area contributed by atoms with Crippen LogP contribution in [-0.4, -0.2) is 20.2 Å². The first-order valence-corrected chi connectivity index (χ1v) is 8.42. The van der Waals surface area contributed by atoms with E-state index in [2.05, 4.69) is 63.1 Å². The molecule has 0 N–H and O–H groups in total. The topological polar surface area (TPSA) is 12.5 Å². The summed E-state index contributed by atoms with van der Waals surface area (Å²) in [5, 5.41) is 0. The molecule has 0 fully saturated rings. The van der Waals surface area contributed by atoms with Crippen molar-refractivity contribution in [3.63, 3.8) is 0 Å². The molecule has 3 heteroatoms. The van der Waals surface area contributed by atoms with Crippen LogP contribution in [-0.2, 0) is 16.8 Å². The van der Waals surface area contributed by atoms with Crippen LogP contribution in [0, 0.1) is 0 Å². The number of benzene rings is 1. The number of hydrogen-bond acceptors (Lipinski definition) is 3. The lowest BCUT2D eigenvalue weighted by Gasteiger charge is -2.23. The number of hydrogen-bond donors (Lipinski definition) is 0. The van der Waals surface area contributed by atoms with Crippen LogP contribution in [0.3, 0.4) is 0 Å². The molecule has 3 rings (SSSR count). The van der Waals surface area contributed by atoms with Gasteiger partial charge in [-0.15, -0.1) is 11.3 Å². The van der Waals surface area contributed by atoms with E-state index in [1.165, 1.54) is 26.6 Å². The van der Waals surface area contributed by atoms with Crippen molar-refractivity contribution in [2.75, 3.05) is 25.1 Å². The SMILES string of the molecule is CCOC(C)(C)c1cc2c(s1)-c1ccccc1N(C)CC2. The van der Waals surface area contributed by atoms with Crippen molar-refractivity contribution in [2.24, 2.45) is 0 Å². The van der Waals surface area contributed by atoms with Crippen molar-refractivity contribution in [3.8, 4) is 10.4 Å². The highest BCUT2D eigenvalue weighted by molar-refractivity contribution is 7.16. The van der Waals surface area contributed by atoms with E-state index in [1.807, 2.05) is 11.3 Å². The molecule has 0 atom stereocenters. The summed E-state index contributed by atoms with van der Waals surface area (Å²) in [6.45, 7) is 8.20. The Kier molecular flexibility index (Phi) is 3.80. The molecule has 21 heavy (non-hydrogen) atoms. The molecule has 112 valence electrons. The third-order valence-electron chi connectivity index (χ3n) is 4.18. The summed E-state index contributed by atoms with van der Waals surface area (Å²) in [6.07, 6.45) is 1.10. The normalized spacial score (nSPS) is 14.6. The van der Waals surface area contributed by atoms with E-state index in [9.17, 15) is 0 Å². The molecule has 0 spiro atoms. The monoisotopic (exact) mass is 301 g/mol. The predicted octanol–water partition coefficient (Wildman–Crippen LogP) is 4.68. The van der Waals surface area contributed by atoms with Gasteiger partial charge in [-0.25, -0.2) is 0 Å². The van der Waals surface area contributed by atoms with Crippen LogP contribution in [0.1, 0.15) is 31.2 Å². The van der Waals surface area contributed by atoms with E-state index < -0.39 is 0 Å². The Bertz CT molecular complexity index is 644. The molecule has 0 bridgehead atoms. The van der Waals surface area contributed by atoms with Crippen molar-refractivity contribution in [1.82, 2.24) is 0 Å². The van der Waals surface area contributed by atoms with Crippen molar-refractivity contribution in [3.05, 3.63) is 40.8 Å². The first-order valence-electron chi connectivity index (χ1n) is 7.60. The van der Waals surface area contributed by atoms with E-state index in [0.717, 1.165) is 19.6 Å². The second kappa shape index (κ2) is 5.47. The molecule has 0 saturated carbocycles. The van der Waals surface area contributed by atoms with Gasteiger partial charge in [0.15, 0.2) is 0 Å². The Morgan fingerprint density at radius 1 is 1.29 bits per heavy atom. The predicted molar refractivity (Wildman–Crippen MR) is 91.4 cm³/mol. The lowest BCUT2D eigenvalue weighted by molar-refractivity contribution is -0.0112. The zero-order valence-corrected chi connectivity index (χ0v) is 14.1. The van der Waals surface area contributed by atoms with Crippen molar-refractivity contribution >= 4 is 17.0 Å². The second-order valence-corrected chi connectivity index (χ2v) is 7.15. The third kappa shape index (κ3) is 2.60. The zero-order valence-electron chi connectivity index (χ0n) is 13.3. The first-order chi connectivity index (χ1) is 10.0. The number of para-hydroxylation sites is 1. The lowest BCUT2D eigenvalue weighted by Crippen LogP contribution is -2.20. The van der Waals surface area contributed by atoms with Gasteiger partial charge in [0, 0.05) is 41.2 Å². The lowest BCUT2D eigenvalue weighted by atomic mass is 10.0. The minimum absolute atomic E-state index is 0.202. The molecular weight excluding hydrogens is 278 g/mol. The summed E-state index contributed by atoms with van der Waals surface area (Å²) < 4.78 is 5.93. The fourth-order valence-electron chi connectivity index (χ4n) is 2.98. The van der Waals surface area contributed by atoms with Gasteiger partial charge >= 0.3 is 0 Å². The highest BCUT2D eigenvalue weighted by atomic mass is 32.1. The summed E-state index contributed by atoms with van der Waals surface area (Å²) in [6, 6.07) is 11.1. The molecule has 0 aliphatic carbocycles. The van der Waals surface area contributed by atoms with E-state index in [4.69, 9.17) is 4.74 Å². The van der Waals surface area contributed by atoms with Crippen LogP contribution in [0.5, 0.6) is 0 Å². The van der Waals surface area contributed by atoms with Gasteiger partial charge in [-0.05, 0) is 44.9 Å². The number of nitrogens with zero attached hydrogens (tertiary/aromatic N) is 1. The fraction of sp³-hybridized carbons (Fsp3) is 0.444. The first kappa shape index (κ1) is 14.6. The van der Waals surface area contributed by atoms with Crippen LogP contribution in [0.2, 0.25) is 0 Å². The van der Waals surface area contributed by atoms with E-state index in [0.29, 0.717) is 0 Å². The van der Waals surface area contributed by atoms with Crippen LogP contribution >= 0.6 is 11.3 Å². The number of thiophene rings is 1. The zero-order chi connectivity index (χ0) is 15.0. The molecule has 0 amide bonds. The van der Waals surface area contributed by atoms with Crippen molar-refractivity contribution in [2.45, 2.75) is 32.8 Å².